The smallest absolute Gasteiger partial charge is 0.350 e. The van der Waals surface area contributed by atoms with Gasteiger partial charge in [-0.1, -0.05) is 24.3 Å². The van der Waals surface area contributed by atoms with E-state index in [-0.39, 0.29) is 23.4 Å². The van der Waals surface area contributed by atoms with Crippen LogP contribution in [-0.2, 0) is 24.1 Å². The fourth-order valence-electron chi connectivity index (χ4n) is 2.67. The molecule has 4 nitrogen and oxygen atoms in total. The second kappa shape index (κ2) is 6.78. The summed E-state index contributed by atoms with van der Waals surface area (Å²) in [5.41, 5.74) is 1.48. The Bertz CT molecular complexity index is 963. The van der Waals surface area contributed by atoms with E-state index in [1.54, 1.807) is 25.1 Å². The van der Waals surface area contributed by atoms with E-state index in [4.69, 9.17) is 0 Å². The lowest BCUT2D eigenvalue weighted by molar-refractivity contribution is -0.147. The van der Waals surface area contributed by atoms with Crippen LogP contribution in [0.1, 0.15) is 17.0 Å². The lowest BCUT2D eigenvalue weighted by Crippen LogP contribution is -2.29. The zero-order valence-corrected chi connectivity index (χ0v) is 13.8. The first-order valence-electron chi connectivity index (χ1n) is 7.80. The maximum absolute atomic E-state index is 13.2. The van der Waals surface area contributed by atoms with Crippen molar-refractivity contribution in [2.45, 2.75) is 26.2 Å². The van der Waals surface area contributed by atoms with Crippen molar-refractivity contribution in [3.05, 3.63) is 65.2 Å². The summed E-state index contributed by atoms with van der Waals surface area (Å²) >= 11 is 0. The van der Waals surface area contributed by atoms with Crippen molar-refractivity contribution >= 4 is 16.9 Å². The molecule has 0 atom stereocenters. The van der Waals surface area contributed by atoms with Crippen molar-refractivity contribution in [2.24, 2.45) is 0 Å². The van der Waals surface area contributed by atoms with Crippen LogP contribution in [0, 0.1) is 12.7 Å². The highest BCUT2D eigenvalue weighted by molar-refractivity contribution is 5.81. The molecule has 136 valence electrons. The van der Waals surface area contributed by atoms with Crippen LogP contribution in [0.15, 0.2) is 42.5 Å². The predicted molar refractivity (Wildman–Crippen MR) is 87.7 cm³/mol. The van der Waals surface area contributed by atoms with Crippen LogP contribution in [0.2, 0.25) is 0 Å². The number of halogens is 4. The molecule has 0 bridgehead atoms. The van der Waals surface area contributed by atoms with E-state index in [1.807, 2.05) is 0 Å². The maximum atomic E-state index is 13.2. The Morgan fingerprint density at radius 2 is 1.92 bits per heavy atom. The number of hydrogen-bond acceptors (Lipinski definition) is 2. The number of rotatable bonds is 4. The van der Waals surface area contributed by atoms with Gasteiger partial charge in [0, 0.05) is 6.54 Å². The highest BCUT2D eigenvalue weighted by Gasteiger charge is 2.37. The van der Waals surface area contributed by atoms with Gasteiger partial charge in [0.2, 0.25) is 11.7 Å². The third-order valence-electron chi connectivity index (χ3n) is 3.92. The normalized spacial score (nSPS) is 11.7. The van der Waals surface area contributed by atoms with E-state index in [0.29, 0.717) is 11.1 Å². The molecule has 0 unspecified atom stereocenters. The third kappa shape index (κ3) is 3.68. The third-order valence-corrected chi connectivity index (χ3v) is 3.92. The van der Waals surface area contributed by atoms with Gasteiger partial charge in [-0.2, -0.15) is 13.2 Å². The number of aromatic nitrogens is 2. The average Bonchev–Trinajstić information content (AvgIpc) is 2.95. The van der Waals surface area contributed by atoms with E-state index < -0.39 is 24.5 Å². The molecule has 3 aromatic rings. The summed E-state index contributed by atoms with van der Waals surface area (Å²) in [4.78, 5) is 15.8. The highest BCUT2D eigenvalue weighted by Crippen LogP contribution is 2.31. The number of nitrogens with zero attached hydrogens (tertiary/aromatic N) is 2. The molecule has 0 saturated carbocycles. The summed E-state index contributed by atoms with van der Waals surface area (Å²) in [5, 5.41) is 2.55. The molecule has 0 aliphatic rings. The van der Waals surface area contributed by atoms with Gasteiger partial charge in [-0.05, 0) is 36.2 Å². The first-order valence-corrected chi connectivity index (χ1v) is 7.80. The van der Waals surface area contributed by atoms with Gasteiger partial charge >= 0.3 is 6.18 Å². The highest BCUT2D eigenvalue weighted by atomic mass is 19.4. The van der Waals surface area contributed by atoms with Crippen LogP contribution in [0.4, 0.5) is 17.6 Å². The number of alkyl halides is 3. The lowest BCUT2D eigenvalue weighted by atomic mass is 10.1. The van der Waals surface area contributed by atoms with Crippen LogP contribution in [0.25, 0.3) is 11.0 Å². The summed E-state index contributed by atoms with van der Waals surface area (Å²) in [6.07, 6.45) is -4.67. The van der Waals surface area contributed by atoms with E-state index in [2.05, 4.69) is 10.3 Å². The topological polar surface area (TPSA) is 46.9 Å². The first-order chi connectivity index (χ1) is 12.3. The fourth-order valence-corrected chi connectivity index (χ4v) is 2.67. The largest absolute Gasteiger partial charge is 0.449 e. The molecule has 0 aliphatic carbocycles. The summed E-state index contributed by atoms with van der Waals surface area (Å²) in [6.45, 7) is 1.16. The van der Waals surface area contributed by atoms with Crippen LogP contribution in [-0.4, -0.2) is 15.5 Å². The Hall–Kier alpha value is -2.90. The summed E-state index contributed by atoms with van der Waals surface area (Å²) in [6, 6.07) is 10.5. The second-order valence-electron chi connectivity index (χ2n) is 5.87. The van der Waals surface area contributed by atoms with Gasteiger partial charge in [0.05, 0.1) is 11.0 Å². The molecule has 2 aromatic carbocycles. The van der Waals surface area contributed by atoms with Crippen LogP contribution in [0.5, 0.6) is 0 Å². The van der Waals surface area contributed by atoms with Crippen molar-refractivity contribution < 1.29 is 22.4 Å². The number of carbonyl (C=O) groups excluding carboxylic acids is 1. The van der Waals surface area contributed by atoms with E-state index in [0.717, 1.165) is 4.57 Å². The minimum absolute atomic E-state index is 0.0912. The van der Waals surface area contributed by atoms with E-state index >= 15 is 0 Å². The molecule has 1 N–H and O–H groups in total. The van der Waals surface area contributed by atoms with Crippen molar-refractivity contribution in [2.75, 3.05) is 0 Å². The van der Waals surface area contributed by atoms with Gasteiger partial charge in [0.15, 0.2) is 0 Å². The molecule has 0 spiro atoms. The van der Waals surface area contributed by atoms with Gasteiger partial charge in [-0.3, -0.25) is 4.79 Å². The van der Waals surface area contributed by atoms with Crippen LogP contribution in [0.3, 0.4) is 0 Å². The molecular formula is C18H15F4N3O. The number of nitrogens with one attached hydrogen (secondary N) is 1. The maximum Gasteiger partial charge on any atom is 0.449 e. The standard InChI is InChI=1S/C18H15F4N3O/c1-11-8-12(6-7-13(11)19)9-23-16(26)10-25-15-5-3-2-4-14(15)24-17(25)18(20,21)22/h2-8H,9-10H2,1H3,(H,23,26). The number of hydrogen-bond donors (Lipinski definition) is 1. The second-order valence-corrected chi connectivity index (χ2v) is 5.87. The first kappa shape index (κ1) is 17.9. The molecule has 8 heteroatoms. The van der Waals surface area contributed by atoms with Crippen molar-refractivity contribution in [3.63, 3.8) is 0 Å². The Kier molecular flexibility index (Phi) is 4.67. The minimum atomic E-state index is -4.67. The van der Waals surface area contributed by atoms with Gasteiger partial charge < -0.3 is 9.88 Å². The molecule has 1 aromatic heterocycles. The van der Waals surface area contributed by atoms with Crippen LogP contribution < -0.4 is 5.32 Å². The molecule has 3 rings (SSSR count). The van der Waals surface area contributed by atoms with E-state index in [9.17, 15) is 22.4 Å². The fraction of sp³-hybridized carbons (Fsp3) is 0.222. The Morgan fingerprint density at radius 3 is 2.62 bits per heavy atom. The number of aryl methyl sites for hydroxylation is 1. The Balaban J connectivity index is 1.79. The molecule has 1 amide bonds. The number of benzene rings is 2. The predicted octanol–water partition coefficient (Wildman–Crippen LogP) is 3.82. The van der Waals surface area contributed by atoms with Crippen LogP contribution >= 0.6 is 0 Å². The van der Waals surface area contributed by atoms with Crippen molar-refractivity contribution in [1.29, 1.82) is 0 Å². The zero-order valence-electron chi connectivity index (χ0n) is 13.8. The molecule has 26 heavy (non-hydrogen) atoms. The number of amides is 1. The van der Waals surface area contributed by atoms with Gasteiger partial charge in [-0.25, -0.2) is 9.37 Å². The quantitative estimate of drug-likeness (QED) is 0.715. The minimum Gasteiger partial charge on any atom is -0.350 e. The molecule has 0 radical (unpaired) electrons. The van der Waals surface area contributed by atoms with Crippen molar-refractivity contribution in [3.8, 4) is 0 Å². The van der Waals surface area contributed by atoms with Crippen molar-refractivity contribution in [1.82, 2.24) is 14.9 Å². The number of para-hydroxylation sites is 2. The molecule has 0 fully saturated rings. The molecular weight excluding hydrogens is 350 g/mol. The lowest BCUT2D eigenvalue weighted by Gasteiger charge is -2.12. The Labute approximate surface area is 146 Å². The summed E-state index contributed by atoms with van der Waals surface area (Å²) in [7, 11) is 0. The van der Waals surface area contributed by atoms with Gasteiger partial charge in [-0.15, -0.1) is 0 Å². The van der Waals surface area contributed by atoms with E-state index in [1.165, 1.54) is 24.3 Å². The van der Waals surface area contributed by atoms with Gasteiger partial charge in [0.25, 0.3) is 0 Å². The number of fused-ring (bicyclic) bond motifs is 1. The Morgan fingerprint density at radius 1 is 1.19 bits per heavy atom. The van der Waals surface area contributed by atoms with Gasteiger partial charge in [0.1, 0.15) is 12.4 Å². The average molecular weight is 365 g/mol. The summed E-state index contributed by atoms with van der Waals surface area (Å²) < 4.78 is 53.8. The SMILES string of the molecule is Cc1cc(CNC(=O)Cn2c(C(F)(F)F)nc3ccccc32)ccc1F. The summed E-state index contributed by atoms with van der Waals surface area (Å²) in [5.74, 6) is -2.08. The monoisotopic (exact) mass is 365 g/mol. The number of carbonyl (C=O) groups is 1. The molecule has 1 heterocycles. The number of imidazole rings is 1. The molecule has 0 saturated heterocycles. The zero-order chi connectivity index (χ0) is 18.9. The molecule has 0 aliphatic heterocycles.